The van der Waals surface area contributed by atoms with Crippen LogP contribution in [0.5, 0.6) is 0 Å². The second-order valence-electron chi connectivity index (χ2n) is 3.59. The number of H-pyrrole nitrogens is 1. The minimum atomic E-state index is 0.0179. The van der Waals surface area contributed by atoms with E-state index in [1.165, 1.54) is 0 Å². The lowest BCUT2D eigenvalue weighted by atomic mass is 10.0. The summed E-state index contributed by atoms with van der Waals surface area (Å²) >= 11 is 5.00. The van der Waals surface area contributed by atoms with Crippen LogP contribution in [0.1, 0.15) is 21.5 Å². The number of nitrogens with one attached hydrogen (secondary N) is 1. The zero-order valence-electron chi connectivity index (χ0n) is 8.86. The molecule has 2 rings (SSSR count). The fourth-order valence-corrected chi connectivity index (χ4v) is 1.80. The maximum atomic E-state index is 12.1. The van der Waals surface area contributed by atoms with Crippen molar-refractivity contribution in [2.24, 2.45) is 0 Å². The lowest BCUT2D eigenvalue weighted by Crippen LogP contribution is -2.04. The third-order valence-corrected chi connectivity index (χ3v) is 2.65. The molecule has 80 valence electrons. The Morgan fingerprint density at radius 3 is 2.56 bits per heavy atom. The first-order chi connectivity index (χ1) is 7.68. The van der Waals surface area contributed by atoms with E-state index in [-0.39, 0.29) is 5.78 Å². The maximum Gasteiger partial charge on any atom is 0.194 e. The summed E-state index contributed by atoms with van der Waals surface area (Å²) in [4.78, 5) is 15.0. The van der Waals surface area contributed by atoms with Crippen molar-refractivity contribution in [2.75, 3.05) is 0 Å². The fraction of sp³-hybridized carbons (Fsp3) is 0.0769. The molecular formula is C13H11NOS. The highest BCUT2D eigenvalue weighted by Gasteiger charge is 2.10. The minimum Gasteiger partial charge on any atom is -0.352 e. The third-order valence-electron chi connectivity index (χ3n) is 2.41. The molecule has 0 aliphatic heterocycles. The van der Waals surface area contributed by atoms with Gasteiger partial charge in [-0.25, -0.2) is 0 Å². The van der Waals surface area contributed by atoms with Gasteiger partial charge in [0.15, 0.2) is 5.78 Å². The summed E-state index contributed by atoms with van der Waals surface area (Å²) in [5.41, 5.74) is 2.26. The molecule has 0 atom stereocenters. The smallest absolute Gasteiger partial charge is 0.194 e. The maximum absolute atomic E-state index is 12.1. The monoisotopic (exact) mass is 229 g/mol. The van der Waals surface area contributed by atoms with Crippen LogP contribution in [0.15, 0.2) is 42.6 Å². The lowest BCUT2D eigenvalue weighted by molar-refractivity contribution is 0.103. The SMILES string of the molecule is Cc1cc(=S)[nH]cc1C(=O)c1ccccc1. The Bertz CT molecular complexity index is 572. The first-order valence-corrected chi connectivity index (χ1v) is 5.38. The van der Waals surface area contributed by atoms with Crippen LogP contribution in [0, 0.1) is 11.6 Å². The number of ketones is 1. The molecule has 0 saturated carbocycles. The number of aromatic amines is 1. The van der Waals surface area contributed by atoms with Crippen LogP contribution in [0.2, 0.25) is 0 Å². The van der Waals surface area contributed by atoms with Crippen molar-refractivity contribution in [3.05, 3.63) is 63.9 Å². The van der Waals surface area contributed by atoms with Gasteiger partial charge in [-0.15, -0.1) is 0 Å². The van der Waals surface area contributed by atoms with E-state index in [0.29, 0.717) is 15.8 Å². The Hall–Kier alpha value is -1.74. The number of aryl methyl sites for hydroxylation is 1. The summed E-state index contributed by atoms with van der Waals surface area (Å²) < 4.78 is 0.641. The van der Waals surface area contributed by atoms with Crippen LogP contribution in [-0.2, 0) is 0 Å². The number of hydrogen-bond acceptors (Lipinski definition) is 2. The standard InChI is InChI=1S/C13H11NOS/c1-9-7-12(16)14-8-11(9)13(15)10-5-3-2-4-6-10/h2-8H,1H3,(H,14,16). The Labute approximate surface area is 99.0 Å². The molecule has 1 aromatic carbocycles. The molecule has 16 heavy (non-hydrogen) atoms. The molecule has 0 aliphatic rings. The van der Waals surface area contributed by atoms with Crippen LogP contribution in [0.25, 0.3) is 0 Å². The van der Waals surface area contributed by atoms with Gasteiger partial charge < -0.3 is 4.98 Å². The van der Waals surface area contributed by atoms with E-state index in [4.69, 9.17) is 12.2 Å². The van der Waals surface area contributed by atoms with Crippen molar-refractivity contribution >= 4 is 18.0 Å². The van der Waals surface area contributed by atoms with E-state index in [2.05, 4.69) is 4.98 Å². The van der Waals surface area contributed by atoms with Gasteiger partial charge in [-0.05, 0) is 18.6 Å². The molecule has 0 fully saturated rings. The molecule has 2 nitrogen and oxygen atoms in total. The normalized spacial score (nSPS) is 10.1. The molecule has 0 saturated heterocycles. The van der Waals surface area contributed by atoms with Crippen LogP contribution < -0.4 is 0 Å². The second-order valence-corrected chi connectivity index (χ2v) is 4.03. The average Bonchev–Trinajstić information content (AvgIpc) is 2.29. The van der Waals surface area contributed by atoms with Crippen LogP contribution >= 0.6 is 12.2 Å². The van der Waals surface area contributed by atoms with Gasteiger partial charge in [0.05, 0.1) is 0 Å². The fourth-order valence-electron chi connectivity index (χ4n) is 1.56. The van der Waals surface area contributed by atoms with Crippen molar-refractivity contribution in [2.45, 2.75) is 6.92 Å². The van der Waals surface area contributed by atoms with E-state index < -0.39 is 0 Å². The Morgan fingerprint density at radius 1 is 1.25 bits per heavy atom. The number of carbonyl (C=O) groups excluding carboxylic acids is 1. The highest BCUT2D eigenvalue weighted by molar-refractivity contribution is 7.71. The minimum absolute atomic E-state index is 0.0179. The molecule has 0 unspecified atom stereocenters. The molecule has 0 bridgehead atoms. The van der Waals surface area contributed by atoms with E-state index in [1.807, 2.05) is 37.3 Å². The Balaban J connectivity index is 2.46. The number of benzene rings is 1. The van der Waals surface area contributed by atoms with Crippen molar-refractivity contribution < 1.29 is 4.79 Å². The molecule has 0 aliphatic carbocycles. The summed E-state index contributed by atoms with van der Waals surface area (Å²) in [5, 5.41) is 0. The van der Waals surface area contributed by atoms with E-state index in [0.717, 1.165) is 5.56 Å². The van der Waals surface area contributed by atoms with Crippen molar-refractivity contribution in [3.63, 3.8) is 0 Å². The summed E-state index contributed by atoms with van der Waals surface area (Å²) in [6.45, 7) is 1.89. The zero-order chi connectivity index (χ0) is 11.5. The molecule has 1 heterocycles. The topological polar surface area (TPSA) is 32.9 Å². The highest BCUT2D eigenvalue weighted by atomic mass is 32.1. The van der Waals surface area contributed by atoms with Crippen LogP contribution in [0.4, 0.5) is 0 Å². The Kier molecular flexibility index (Phi) is 2.97. The number of rotatable bonds is 2. The predicted octanol–water partition coefficient (Wildman–Crippen LogP) is 3.28. The van der Waals surface area contributed by atoms with E-state index in [1.54, 1.807) is 12.3 Å². The molecule has 0 amide bonds. The van der Waals surface area contributed by atoms with Gasteiger partial charge in [-0.3, -0.25) is 4.79 Å². The van der Waals surface area contributed by atoms with Gasteiger partial charge in [0, 0.05) is 17.3 Å². The van der Waals surface area contributed by atoms with Crippen molar-refractivity contribution in [1.29, 1.82) is 0 Å². The van der Waals surface area contributed by atoms with Gasteiger partial charge in [0.2, 0.25) is 0 Å². The zero-order valence-corrected chi connectivity index (χ0v) is 9.67. The first kappa shape index (κ1) is 10.8. The second kappa shape index (κ2) is 4.41. The van der Waals surface area contributed by atoms with Crippen LogP contribution in [-0.4, -0.2) is 10.8 Å². The number of aromatic nitrogens is 1. The predicted molar refractivity (Wildman–Crippen MR) is 66.2 cm³/mol. The molecule has 2 aromatic rings. The molecule has 0 radical (unpaired) electrons. The molecule has 3 heteroatoms. The van der Waals surface area contributed by atoms with Gasteiger partial charge >= 0.3 is 0 Å². The Morgan fingerprint density at radius 2 is 1.94 bits per heavy atom. The lowest BCUT2D eigenvalue weighted by Gasteiger charge is -2.04. The number of pyridine rings is 1. The quantitative estimate of drug-likeness (QED) is 0.633. The molecule has 1 N–H and O–H groups in total. The summed E-state index contributed by atoms with van der Waals surface area (Å²) in [5.74, 6) is 0.0179. The summed E-state index contributed by atoms with van der Waals surface area (Å²) in [6.07, 6.45) is 1.67. The average molecular weight is 229 g/mol. The molecule has 0 spiro atoms. The summed E-state index contributed by atoms with van der Waals surface area (Å²) in [6, 6.07) is 11.0. The van der Waals surface area contributed by atoms with Crippen molar-refractivity contribution in [3.8, 4) is 0 Å². The van der Waals surface area contributed by atoms with Gasteiger partial charge in [0.1, 0.15) is 4.64 Å². The third kappa shape index (κ3) is 2.09. The van der Waals surface area contributed by atoms with Gasteiger partial charge in [0.25, 0.3) is 0 Å². The molecule has 1 aromatic heterocycles. The van der Waals surface area contributed by atoms with Gasteiger partial charge in [-0.1, -0.05) is 42.5 Å². The van der Waals surface area contributed by atoms with E-state index >= 15 is 0 Å². The number of carbonyl (C=O) groups is 1. The van der Waals surface area contributed by atoms with Gasteiger partial charge in [-0.2, -0.15) is 0 Å². The van der Waals surface area contributed by atoms with Crippen molar-refractivity contribution in [1.82, 2.24) is 4.98 Å². The van der Waals surface area contributed by atoms with E-state index in [9.17, 15) is 4.79 Å². The first-order valence-electron chi connectivity index (χ1n) is 4.97. The summed E-state index contributed by atoms with van der Waals surface area (Å²) in [7, 11) is 0. The number of hydrogen-bond donors (Lipinski definition) is 1. The highest BCUT2D eigenvalue weighted by Crippen LogP contribution is 2.12. The largest absolute Gasteiger partial charge is 0.352 e. The molecular weight excluding hydrogens is 218 g/mol. The van der Waals surface area contributed by atoms with Crippen LogP contribution in [0.3, 0.4) is 0 Å².